The van der Waals surface area contributed by atoms with Gasteiger partial charge in [-0.3, -0.25) is 4.68 Å². The summed E-state index contributed by atoms with van der Waals surface area (Å²) in [5.41, 5.74) is 2.88. The molecule has 2 nitrogen and oxygen atoms in total. The van der Waals surface area contributed by atoms with E-state index in [-0.39, 0.29) is 5.41 Å². The topological polar surface area (TPSA) is 17.8 Å². The summed E-state index contributed by atoms with van der Waals surface area (Å²) >= 11 is 0. The third-order valence-electron chi connectivity index (χ3n) is 2.93. The molecule has 14 heavy (non-hydrogen) atoms. The Bertz CT molecular complexity index is 294. The average molecular weight is 192 g/mol. The molecule has 0 fully saturated rings. The monoisotopic (exact) mass is 192 g/mol. The first-order chi connectivity index (χ1) is 6.57. The van der Waals surface area contributed by atoms with Crippen LogP contribution >= 0.6 is 0 Å². The second-order valence-electron chi connectivity index (χ2n) is 5.30. The molecule has 2 rings (SSSR count). The molecule has 0 saturated carbocycles. The quantitative estimate of drug-likeness (QED) is 0.618. The van der Waals surface area contributed by atoms with E-state index in [0.717, 1.165) is 6.54 Å². The number of hydrogen-bond acceptors (Lipinski definition) is 1. The molecule has 1 aromatic heterocycles. The van der Waals surface area contributed by atoms with Crippen LogP contribution in [-0.4, -0.2) is 9.78 Å². The first-order valence-electron chi connectivity index (χ1n) is 5.64. The second-order valence-corrected chi connectivity index (χ2v) is 5.30. The molecule has 0 N–H and O–H groups in total. The van der Waals surface area contributed by atoms with Gasteiger partial charge in [0.25, 0.3) is 0 Å². The van der Waals surface area contributed by atoms with Crippen LogP contribution in [0.5, 0.6) is 0 Å². The van der Waals surface area contributed by atoms with E-state index in [9.17, 15) is 0 Å². The minimum atomic E-state index is 0.194. The fourth-order valence-electron chi connectivity index (χ4n) is 1.96. The Morgan fingerprint density at radius 1 is 1.21 bits per heavy atom. The largest absolute Gasteiger partial charge is 0.269 e. The van der Waals surface area contributed by atoms with Crippen LogP contribution in [0.2, 0.25) is 0 Å². The number of fused-ring (bicyclic) bond motifs is 1. The molecule has 0 saturated heterocycles. The van der Waals surface area contributed by atoms with E-state index in [1.807, 2.05) is 0 Å². The Kier molecular flexibility index (Phi) is 2.38. The Labute approximate surface area is 86.3 Å². The van der Waals surface area contributed by atoms with Crippen LogP contribution in [0.3, 0.4) is 0 Å². The van der Waals surface area contributed by atoms with Crippen molar-refractivity contribution in [2.45, 2.75) is 58.4 Å². The summed E-state index contributed by atoms with van der Waals surface area (Å²) in [4.78, 5) is 0. The van der Waals surface area contributed by atoms with Gasteiger partial charge in [-0.1, -0.05) is 27.2 Å². The molecule has 0 spiro atoms. The highest BCUT2D eigenvalue weighted by molar-refractivity contribution is 5.18. The summed E-state index contributed by atoms with van der Waals surface area (Å²) in [5.74, 6) is 0. The van der Waals surface area contributed by atoms with E-state index in [1.165, 1.54) is 37.1 Å². The van der Waals surface area contributed by atoms with Gasteiger partial charge in [-0.25, -0.2) is 0 Å². The SMILES string of the molecule is CC(C)(C)c1cc2n(n1)CCCCC2. The Hall–Kier alpha value is -0.790. The molecule has 0 unspecified atom stereocenters. The van der Waals surface area contributed by atoms with Crippen molar-refractivity contribution in [2.75, 3.05) is 0 Å². The van der Waals surface area contributed by atoms with Gasteiger partial charge >= 0.3 is 0 Å². The van der Waals surface area contributed by atoms with Crippen LogP contribution in [0.25, 0.3) is 0 Å². The van der Waals surface area contributed by atoms with Crippen LogP contribution < -0.4 is 0 Å². The molecular formula is C12H20N2. The third kappa shape index (κ3) is 1.84. The van der Waals surface area contributed by atoms with E-state index in [0.29, 0.717) is 0 Å². The maximum absolute atomic E-state index is 4.70. The van der Waals surface area contributed by atoms with Crippen molar-refractivity contribution in [3.8, 4) is 0 Å². The van der Waals surface area contributed by atoms with Crippen molar-refractivity contribution in [3.05, 3.63) is 17.5 Å². The number of nitrogens with zero attached hydrogens (tertiary/aromatic N) is 2. The molecule has 0 bridgehead atoms. The molecule has 0 aromatic carbocycles. The zero-order valence-electron chi connectivity index (χ0n) is 9.51. The smallest absolute Gasteiger partial charge is 0.0680 e. The van der Waals surface area contributed by atoms with Crippen LogP contribution in [0.1, 0.15) is 51.4 Å². The van der Waals surface area contributed by atoms with E-state index < -0.39 is 0 Å². The van der Waals surface area contributed by atoms with E-state index in [2.05, 4.69) is 31.5 Å². The van der Waals surface area contributed by atoms with Gasteiger partial charge in [0.15, 0.2) is 0 Å². The summed E-state index contributed by atoms with van der Waals surface area (Å²) < 4.78 is 2.22. The summed E-state index contributed by atoms with van der Waals surface area (Å²) in [6, 6.07) is 2.30. The number of aromatic nitrogens is 2. The van der Waals surface area contributed by atoms with Gasteiger partial charge in [0, 0.05) is 17.7 Å². The van der Waals surface area contributed by atoms with E-state index in [1.54, 1.807) is 0 Å². The lowest BCUT2D eigenvalue weighted by Gasteiger charge is -2.14. The summed E-state index contributed by atoms with van der Waals surface area (Å²) in [5, 5.41) is 4.70. The molecule has 78 valence electrons. The van der Waals surface area contributed by atoms with Gasteiger partial charge in [-0.05, 0) is 25.3 Å². The molecule has 1 aliphatic heterocycles. The fourth-order valence-corrected chi connectivity index (χ4v) is 1.96. The molecule has 0 radical (unpaired) electrons. The highest BCUT2D eigenvalue weighted by atomic mass is 15.3. The lowest BCUT2D eigenvalue weighted by Crippen LogP contribution is -2.13. The summed E-state index contributed by atoms with van der Waals surface area (Å²) in [7, 11) is 0. The molecule has 0 atom stereocenters. The van der Waals surface area contributed by atoms with Crippen molar-refractivity contribution in [1.82, 2.24) is 9.78 Å². The fraction of sp³-hybridized carbons (Fsp3) is 0.750. The zero-order chi connectivity index (χ0) is 10.2. The van der Waals surface area contributed by atoms with Crippen LogP contribution in [0.4, 0.5) is 0 Å². The van der Waals surface area contributed by atoms with E-state index >= 15 is 0 Å². The number of hydrogen-bond donors (Lipinski definition) is 0. The number of rotatable bonds is 0. The molecule has 0 amide bonds. The predicted molar refractivity (Wildman–Crippen MR) is 58.5 cm³/mol. The van der Waals surface area contributed by atoms with Crippen molar-refractivity contribution >= 4 is 0 Å². The maximum Gasteiger partial charge on any atom is 0.0680 e. The van der Waals surface area contributed by atoms with Gasteiger partial charge in [-0.15, -0.1) is 0 Å². The van der Waals surface area contributed by atoms with Gasteiger partial charge < -0.3 is 0 Å². The standard InChI is InChI=1S/C12H20N2/c1-12(2,3)11-9-10-7-5-4-6-8-14(10)13-11/h9H,4-8H2,1-3H3. The van der Waals surface area contributed by atoms with Crippen LogP contribution in [0.15, 0.2) is 6.07 Å². The minimum absolute atomic E-state index is 0.194. The first-order valence-corrected chi connectivity index (χ1v) is 5.64. The van der Waals surface area contributed by atoms with Gasteiger partial charge in [0.1, 0.15) is 0 Å². The third-order valence-corrected chi connectivity index (χ3v) is 2.93. The molecule has 2 heteroatoms. The minimum Gasteiger partial charge on any atom is -0.269 e. The van der Waals surface area contributed by atoms with Crippen molar-refractivity contribution < 1.29 is 0 Å². The molecule has 2 heterocycles. The predicted octanol–water partition coefficient (Wildman–Crippen LogP) is 2.91. The lowest BCUT2D eigenvalue weighted by atomic mass is 9.92. The van der Waals surface area contributed by atoms with Crippen molar-refractivity contribution in [1.29, 1.82) is 0 Å². The highest BCUT2D eigenvalue weighted by Gasteiger charge is 2.20. The zero-order valence-corrected chi connectivity index (χ0v) is 9.51. The van der Waals surface area contributed by atoms with Gasteiger partial charge in [-0.2, -0.15) is 5.10 Å². The Morgan fingerprint density at radius 3 is 2.71 bits per heavy atom. The van der Waals surface area contributed by atoms with Crippen LogP contribution in [-0.2, 0) is 18.4 Å². The summed E-state index contributed by atoms with van der Waals surface area (Å²) in [6.07, 6.45) is 5.19. The Balaban J connectivity index is 2.31. The maximum atomic E-state index is 4.70. The van der Waals surface area contributed by atoms with Crippen molar-refractivity contribution in [3.63, 3.8) is 0 Å². The average Bonchev–Trinajstić information content (AvgIpc) is 2.38. The lowest BCUT2D eigenvalue weighted by molar-refractivity contribution is 0.521. The van der Waals surface area contributed by atoms with Gasteiger partial charge in [0.2, 0.25) is 0 Å². The summed E-state index contributed by atoms with van der Waals surface area (Å²) in [6.45, 7) is 7.81. The molecular weight excluding hydrogens is 172 g/mol. The number of aryl methyl sites for hydroxylation is 2. The molecule has 1 aromatic rings. The Morgan fingerprint density at radius 2 is 2.00 bits per heavy atom. The molecule has 1 aliphatic rings. The van der Waals surface area contributed by atoms with Crippen molar-refractivity contribution in [2.24, 2.45) is 0 Å². The first kappa shape index (κ1) is 9.75. The second kappa shape index (κ2) is 3.41. The molecule has 0 aliphatic carbocycles. The van der Waals surface area contributed by atoms with Gasteiger partial charge in [0.05, 0.1) is 5.69 Å². The normalized spacial score (nSPS) is 17.6. The van der Waals surface area contributed by atoms with E-state index in [4.69, 9.17) is 5.10 Å². The van der Waals surface area contributed by atoms with Crippen LogP contribution in [0, 0.1) is 0 Å². The highest BCUT2D eigenvalue weighted by Crippen LogP contribution is 2.24.